The fourth-order valence-electron chi connectivity index (χ4n) is 5.97. The van der Waals surface area contributed by atoms with E-state index in [1.807, 2.05) is 36.4 Å². The second kappa shape index (κ2) is 13.7. The quantitative estimate of drug-likeness (QED) is 0.193. The summed E-state index contributed by atoms with van der Waals surface area (Å²) in [5, 5.41) is 18.8. The van der Waals surface area contributed by atoms with Crippen LogP contribution in [0.15, 0.2) is 194 Å². The number of benzene rings is 8. The van der Waals surface area contributed by atoms with E-state index in [1.54, 1.807) is 12.1 Å². The Hall–Kier alpha value is -5.49. The lowest BCUT2D eigenvalue weighted by atomic mass is 9.98. The summed E-state index contributed by atoms with van der Waals surface area (Å²) in [6.45, 7) is 0. The predicted molar refractivity (Wildman–Crippen MR) is 199 cm³/mol. The standard InChI is InChI=1S/C38H27OP.C6H6/c39-31-19-25-34(26-20-31)40(32-21-15-29(16-22-32)37-13-5-9-27-7-1-3-11-35(27)37)33-23-17-30(18-24-33)38-14-6-10-28-8-2-4-12-36(28)38;1-2-4-6-5-3-1/h1-26,39H;1-6H. The smallest absolute Gasteiger partial charge is 0.115 e. The van der Waals surface area contributed by atoms with Crippen molar-refractivity contribution in [1.82, 2.24) is 0 Å². The molecule has 0 amide bonds. The van der Waals surface area contributed by atoms with E-state index in [0.717, 1.165) is 0 Å². The molecule has 1 nitrogen and oxygen atoms in total. The molecular weight excluding hydrogens is 575 g/mol. The van der Waals surface area contributed by atoms with Gasteiger partial charge >= 0.3 is 0 Å². The minimum atomic E-state index is -0.801. The summed E-state index contributed by atoms with van der Waals surface area (Å²) in [5.41, 5.74) is 4.93. The van der Waals surface area contributed by atoms with E-state index in [-0.39, 0.29) is 5.75 Å². The molecule has 8 aromatic rings. The number of hydrogen-bond acceptors (Lipinski definition) is 1. The molecule has 0 heterocycles. The minimum Gasteiger partial charge on any atom is -0.508 e. The van der Waals surface area contributed by atoms with E-state index < -0.39 is 7.92 Å². The van der Waals surface area contributed by atoms with Crippen molar-refractivity contribution in [2.45, 2.75) is 0 Å². The van der Waals surface area contributed by atoms with Crippen molar-refractivity contribution in [1.29, 1.82) is 0 Å². The largest absolute Gasteiger partial charge is 0.508 e. The maximum absolute atomic E-state index is 9.98. The van der Waals surface area contributed by atoms with Gasteiger partial charge in [0, 0.05) is 0 Å². The van der Waals surface area contributed by atoms with Crippen LogP contribution in [0.3, 0.4) is 0 Å². The molecule has 8 aromatic carbocycles. The van der Waals surface area contributed by atoms with Crippen molar-refractivity contribution in [3.63, 3.8) is 0 Å². The van der Waals surface area contributed by atoms with Gasteiger partial charge in [-0.15, -0.1) is 0 Å². The lowest BCUT2D eigenvalue weighted by molar-refractivity contribution is 0.475. The molecule has 220 valence electrons. The van der Waals surface area contributed by atoms with Crippen molar-refractivity contribution < 1.29 is 5.11 Å². The predicted octanol–water partition coefficient (Wildman–Crippen LogP) is 10.5. The lowest BCUT2D eigenvalue weighted by Gasteiger charge is -2.20. The van der Waals surface area contributed by atoms with E-state index in [9.17, 15) is 5.11 Å². The molecular formula is C44H33OP. The minimum absolute atomic E-state index is 0.288. The van der Waals surface area contributed by atoms with Crippen molar-refractivity contribution in [2.24, 2.45) is 0 Å². The second-order valence-corrected chi connectivity index (χ2v) is 13.4. The van der Waals surface area contributed by atoms with Crippen LogP contribution in [-0.4, -0.2) is 5.11 Å². The maximum atomic E-state index is 9.98. The Labute approximate surface area is 271 Å². The van der Waals surface area contributed by atoms with Gasteiger partial charge in [-0.3, -0.25) is 0 Å². The Morgan fingerprint density at radius 2 is 0.652 bits per heavy atom. The van der Waals surface area contributed by atoms with Gasteiger partial charge in [0.1, 0.15) is 5.75 Å². The van der Waals surface area contributed by atoms with Crippen LogP contribution in [-0.2, 0) is 0 Å². The summed E-state index contributed by atoms with van der Waals surface area (Å²) in [7, 11) is -0.801. The number of hydrogen-bond donors (Lipinski definition) is 1. The second-order valence-electron chi connectivity index (χ2n) is 11.2. The van der Waals surface area contributed by atoms with Crippen LogP contribution in [0, 0.1) is 0 Å². The fourth-order valence-corrected chi connectivity index (χ4v) is 8.20. The first-order valence-electron chi connectivity index (χ1n) is 15.5. The first-order chi connectivity index (χ1) is 22.7. The summed E-state index contributed by atoms with van der Waals surface area (Å²) in [6, 6.07) is 67.9. The Kier molecular flexibility index (Phi) is 8.68. The maximum Gasteiger partial charge on any atom is 0.115 e. The SMILES string of the molecule is Oc1ccc(P(c2ccc(-c3cccc4ccccc34)cc2)c2ccc(-c3cccc4ccccc34)cc2)cc1.c1ccccc1. The third-order valence-corrected chi connectivity index (χ3v) is 10.7. The number of rotatable bonds is 5. The molecule has 0 saturated heterocycles. The van der Waals surface area contributed by atoms with Gasteiger partial charge in [-0.25, -0.2) is 0 Å². The molecule has 0 spiro atoms. The monoisotopic (exact) mass is 608 g/mol. The molecule has 0 aliphatic carbocycles. The molecule has 0 aliphatic heterocycles. The van der Waals surface area contributed by atoms with Crippen molar-refractivity contribution in [3.8, 4) is 28.0 Å². The van der Waals surface area contributed by atoms with Gasteiger partial charge < -0.3 is 5.11 Å². The molecule has 0 bridgehead atoms. The van der Waals surface area contributed by atoms with Crippen LogP contribution in [0.25, 0.3) is 43.8 Å². The van der Waals surface area contributed by atoms with Gasteiger partial charge in [0.25, 0.3) is 0 Å². The summed E-state index contributed by atoms with van der Waals surface area (Å²) in [5.74, 6) is 0.288. The third-order valence-electron chi connectivity index (χ3n) is 8.23. The zero-order valence-electron chi connectivity index (χ0n) is 25.4. The van der Waals surface area contributed by atoms with Crippen LogP contribution in [0.1, 0.15) is 0 Å². The first kappa shape index (κ1) is 29.2. The summed E-state index contributed by atoms with van der Waals surface area (Å²) in [6.07, 6.45) is 0. The van der Waals surface area contributed by atoms with Gasteiger partial charge in [0.2, 0.25) is 0 Å². The lowest BCUT2D eigenvalue weighted by Crippen LogP contribution is -2.20. The Morgan fingerprint density at radius 3 is 1.07 bits per heavy atom. The average Bonchev–Trinajstić information content (AvgIpc) is 3.14. The van der Waals surface area contributed by atoms with E-state index in [2.05, 4.69) is 146 Å². The van der Waals surface area contributed by atoms with Crippen LogP contribution in [0.5, 0.6) is 5.75 Å². The summed E-state index contributed by atoms with van der Waals surface area (Å²) < 4.78 is 0. The molecule has 0 fully saturated rings. The van der Waals surface area contributed by atoms with E-state index in [0.29, 0.717) is 0 Å². The molecule has 0 unspecified atom stereocenters. The topological polar surface area (TPSA) is 20.2 Å². The molecule has 46 heavy (non-hydrogen) atoms. The average molecular weight is 609 g/mol. The molecule has 0 aromatic heterocycles. The summed E-state index contributed by atoms with van der Waals surface area (Å²) >= 11 is 0. The van der Waals surface area contributed by atoms with Crippen LogP contribution in [0.2, 0.25) is 0 Å². The Morgan fingerprint density at radius 1 is 0.304 bits per heavy atom. The van der Waals surface area contributed by atoms with Crippen LogP contribution >= 0.6 is 7.92 Å². The highest BCUT2D eigenvalue weighted by atomic mass is 31.1. The van der Waals surface area contributed by atoms with E-state index >= 15 is 0 Å². The first-order valence-corrected chi connectivity index (χ1v) is 16.8. The van der Waals surface area contributed by atoms with Gasteiger partial charge in [-0.2, -0.15) is 0 Å². The Bertz CT molecular complexity index is 2030. The van der Waals surface area contributed by atoms with Crippen molar-refractivity contribution in [2.75, 3.05) is 0 Å². The number of phenols is 1. The van der Waals surface area contributed by atoms with E-state index in [1.165, 1.54) is 59.7 Å². The molecule has 8 rings (SSSR count). The van der Waals surface area contributed by atoms with E-state index in [4.69, 9.17) is 0 Å². The van der Waals surface area contributed by atoms with Crippen molar-refractivity contribution >= 4 is 45.4 Å². The van der Waals surface area contributed by atoms with Gasteiger partial charge in [-0.1, -0.05) is 182 Å². The molecule has 1 N–H and O–H groups in total. The van der Waals surface area contributed by atoms with Gasteiger partial charge in [-0.05, 0) is 79.8 Å². The van der Waals surface area contributed by atoms with Crippen LogP contribution < -0.4 is 15.9 Å². The normalized spacial score (nSPS) is 10.9. The fraction of sp³-hybridized carbons (Fsp3) is 0. The van der Waals surface area contributed by atoms with Crippen molar-refractivity contribution in [3.05, 3.63) is 194 Å². The Balaban J connectivity index is 0.000000508. The summed E-state index contributed by atoms with van der Waals surface area (Å²) in [4.78, 5) is 0. The molecule has 0 atom stereocenters. The highest BCUT2D eigenvalue weighted by Gasteiger charge is 2.18. The molecule has 0 radical (unpaired) electrons. The third kappa shape index (κ3) is 6.33. The molecule has 2 heteroatoms. The highest BCUT2D eigenvalue weighted by Crippen LogP contribution is 2.36. The molecule has 0 saturated carbocycles. The number of aromatic hydroxyl groups is 1. The number of fused-ring (bicyclic) bond motifs is 2. The van der Waals surface area contributed by atoms with Gasteiger partial charge in [0.05, 0.1) is 0 Å². The molecule has 0 aliphatic rings. The van der Waals surface area contributed by atoms with Gasteiger partial charge in [0.15, 0.2) is 0 Å². The zero-order chi connectivity index (χ0) is 31.1. The highest BCUT2D eigenvalue weighted by molar-refractivity contribution is 7.79. The zero-order valence-corrected chi connectivity index (χ0v) is 26.3. The van der Waals surface area contributed by atoms with Crippen LogP contribution in [0.4, 0.5) is 0 Å². The number of phenolic OH excluding ortho intramolecular Hbond substituents is 1.